The van der Waals surface area contributed by atoms with Crippen LogP contribution in [-0.4, -0.2) is 40.9 Å². The molecule has 0 spiro atoms. The van der Waals surface area contributed by atoms with Crippen LogP contribution in [0.4, 0.5) is 13.2 Å². The van der Waals surface area contributed by atoms with Gasteiger partial charge in [-0.3, -0.25) is 9.59 Å². The molecule has 4 rings (SSSR count). The third-order valence-electron chi connectivity index (χ3n) is 6.72. The van der Waals surface area contributed by atoms with Gasteiger partial charge in [-0.05, 0) is 62.5 Å². The summed E-state index contributed by atoms with van der Waals surface area (Å²) in [5.74, 6) is -3.05. The van der Waals surface area contributed by atoms with Crippen molar-refractivity contribution in [3.05, 3.63) is 35.1 Å². The predicted molar refractivity (Wildman–Crippen MR) is 105 cm³/mol. The molecule has 4 atom stereocenters. The van der Waals surface area contributed by atoms with Gasteiger partial charge in [0.2, 0.25) is 11.8 Å². The molecule has 3 fully saturated rings. The fourth-order valence-electron chi connectivity index (χ4n) is 4.99. The second kappa shape index (κ2) is 8.57. The lowest BCUT2D eigenvalue weighted by Gasteiger charge is -2.41. The fraction of sp³-hybridized carbons (Fsp3) is 0.636. The number of carbonyl (C=O) groups excluding carboxylic acids is 2. The number of benzene rings is 1. The molecule has 2 amide bonds. The summed E-state index contributed by atoms with van der Waals surface area (Å²) >= 11 is 0. The zero-order valence-corrected chi connectivity index (χ0v) is 16.9. The van der Waals surface area contributed by atoms with Crippen molar-refractivity contribution >= 4 is 11.8 Å². The van der Waals surface area contributed by atoms with Crippen molar-refractivity contribution in [2.75, 3.05) is 0 Å². The van der Waals surface area contributed by atoms with Gasteiger partial charge < -0.3 is 16.0 Å². The van der Waals surface area contributed by atoms with Crippen LogP contribution in [0.2, 0.25) is 0 Å². The number of piperidine rings is 1. The van der Waals surface area contributed by atoms with Crippen LogP contribution in [0.5, 0.6) is 0 Å². The van der Waals surface area contributed by atoms with Crippen molar-refractivity contribution in [1.29, 1.82) is 0 Å². The number of fused-ring (bicyclic) bond motifs is 2. The van der Waals surface area contributed by atoms with E-state index in [1.807, 2.05) is 4.90 Å². The van der Waals surface area contributed by atoms with Gasteiger partial charge in [-0.2, -0.15) is 0 Å². The molecule has 1 unspecified atom stereocenters. The maximum Gasteiger partial charge on any atom is 0.223 e. The number of hydrogen-bond acceptors (Lipinski definition) is 3. The minimum Gasteiger partial charge on any atom is -0.353 e. The number of hydrogen-bond donors (Lipinski definition) is 2. The third-order valence-corrected chi connectivity index (χ3v) is 6.72. The van der Waals surface area contributed by atoms with Crippen molar-refractivity contribution < 1.29 is 22.8 Å². The molecule has 3 N–H and O–H groups in total. The van der Waals surface area contributed by atoms with Gasteiger partial charge in [0.05, 0.1) is 0 Å². The molecule has 164 valence electrons. The molecule has 5 nitrogen and oxygen atoms in total. The lowest BCUT2D eigenvalue weighted by molar-refractivity contribution is -0.138. The summed E-state index contributed by atoms with van der Waals surface area (Å²) in [5.41, 5.74) is 6.40. The molecule has 0 aromatic heterocycles. The molecule has 30 heavy (non-hydrogen) atoms. The van der Waals surface area contributed by atoms with E-state index in [9.17, 15) is 22.8 Å². The van der Waals surface area contributed by atoms with E-state index in [1.54, 1.807) is 0 Å². The molecule has 2 bridgehead atoms. The largest absolute Gasteiger partial charge is 0.353 e. The molecule has 2 saturated heterocycles. The summed E-state index contributed by atoms with van der Waals surface area (Å²) in [4.78, 5) is 26.5. The summed E-state index contributed by atoms with van der Waals surface area (Å²) in [6.07, 6.45) is 5.80. The van der Waals surface area contributed by atoms with Gasteiger partial charge in [0.25, 0.3) is 0 Å². The van der Waals surface area contributed by atoms with Crippen LogP contribution in [0.25, 0.3) is 0 Å². The topological polar surface area (TPSA) is 75.4 Å². The molecule has 8 heteroatoms. The number of nitrogens with two attached hydrogens (primary N) is 1. The predicted octanol–water partition coefficient (Wildman–Crippen LogP) is 2.80. The molecule has 0 radical (unpaired) electrons. The van der Waals surface area contributed by atoms with Crippen LogP contribution in [0.1, 0.15) is 56.9 Å². The number of nitrogens with one attached hydrogen (secondary N) is 1. The van der Waals surface area contributed by atoms with E-state index in [0.29, 0.717) is 24.9 Å². The summed E-state index contributed by atoms with van der Waals surface area (Å²) in [6, 6.07) is 1.49. The van der Waals surface area contributed by atoms with E-state index >= 15 is 0 Å². The Morgan fingerprint density at radius 3 is 2.27 bits per heavy atom. The van der Waals surface area contributed by atoms with Crippen molar-refractivity contribution in [3.8, 4) is 0 Å². The highest BCUT2D eigenvalue weighted by molar-refractivity contribution is 5.84. The van der Waals surface area contributed by atoms with Crippen molar-refractivity contribution in [3.63, 3.8) is 0 Å². The second-order valence-electron chi connectivity index (χ2n) is 8.98. The summed E-state index contributed by atoms with van der Waals surface area (Å²) in [5, 5.41) is 2.90. The average Bonchev–Trinajstić information content (AvgIpc) is 3.47. The van der Waals surface area contributed by atoms with Gasteiger partial charge in [0.1, 0.15) is 5.82 Å². The van der Waals surface area contributed by atoms with Crippen molar-refractivity contribution in [2.24, 2.45) is 11.7 Å². The van der Waals surface area contributed by atoms with Crippen molar-refractivity contribution in [2.45, 2.75) is 82.0 Å². The highest BCUT2D eigenvalue weighted by Gasteiger charge is 2.44. The van der Waals surface area contributed by atoms with Crippen LogP contribution >= 0.6 is 0 Å². The van der Waals surface area contributed by atoms with Gasteiger partial charge in [-0.15, -0.1) is 0 Å². The number of rotatable bonds is 7. The highest BCUT2D eigenvalue weighted by Crippen LogP contribution is 2.40. The van der Waals surface area contributed by atoms with Gasteiger partial charge in [0.15, 0.2) is 11.6 Å². The first-order chi connectivity index (χ1) is 14.3. The Morgan fingerprint density at radius 1 is 1.00 bits per heavy atom. The van der Waals surface area contributed by atoms with Crippen LogP contribution < -0.4 is 11.1 Å². The Morgan fingerprint density at radius 2 is 1.63 bits per heavy atom. The molecule has 1 aromatic carbocycles. The maximum absolute atomic E-state index is 14.0. The Bertz CT molecular complexity index is 816. The first-order valence-electron chi connectivity index (χ1n) is 10.8. The van der Waals surface area contributed by atoms with E-state index < -0.39 is 23.5 Å². The zero-order chi connectivity index (χ0) is 21.4. The van der Waals surface area contributed by atoms with Crippen LogP contribution in [-0.2, 0) is 16.0 Å². The molecular formula is C22H28F3N3O2. The highest BCUT2D eigenvalue weighted by atomic mass is 19.2. The Kier molecular flexibility index (Phi) is 6.04. The molecule has 1 aromatic rings. The summed E-state index contributed by atoms with van der Waals surface area (Å²) in [6.45, 7) is 0. The number of amides is 2. The smallest absolute Gasteiger partial charge is 0.223 e. The normalized spacial score (nSPS) is 26.5. The SMILES string of the molecule is N[C@H](Cc1cc(F)c(F)cc1F)C1C[C@H]2CC[C@@H](C1)N2C(=O)CCC(=O)NC1CC1. The van der Waals surface area contributed by atoms with Gasteiger partial charge in [0, 0.05) is 43.1 Å². The maximum atomic E-state index is 14.0. The minimum absolute atomic E-state index is 0.00659. The van der Waals surface area contributed by atoms with E-state index in [1.165, 1.54) is 0 Å². The molecule has 2 aliphatic heterocycles. The quantitative estimate of drug-likeness (QED) is 0.663. The first kappa shape index (κ1) is 21.2. The molecule has 2 heterocycles. The van der Waals surface area contributed by atoms with Crippen molar-refractivity contribution in [1.82, 2.24) is 10.2 Å². The van der Waals surface area contributed by atoms with Crippen LogP contribution in [0.15, 0.2) is 12.1 Å². The Balaban J connectivity index is 1.32. The molecular weight excluding hydrogens is 395 g/mol. The lowest BCUT2D eigenvalue weighted by atomic mass is 9.82. The first-order valence-corrected chi connectivity index (χ1v) is 10.8. The number of carbonyl (C=O) groups is 2. The average molecular weight is 423 g/mol. The van der Waals surface area contributed by atoms with Gasteiger partial charge >= 0.3 is 0 Å². The van der Waals surface area contributed by atoms with Crippen LogP contribution in [0.3, 0.4) is 0 Å². The summed E-state index contributed by atoms with van der Waals surface area (Å²) < 4.78 is 40.6. The molecule has 3 aliphatic rings. The lowest BCUT2D eigenvalue weighted by Crippen LogP contribution is -2.50. The fourth-order valence-corrected chi connectivity index (χ4v) is 4.99. The minimum atomic E-state index is -1.21. The van der Waals surface area contributed by atoms with E-state index in [2.05, 4.69) is 5.32 Å². The molecule has 1 saturated carbocycles. The van der Waals surface area contributed by atoms with Gasteiger partial charge in [-0.25, -0.2) is 13.2 Å². The molecule has 1 aliphatic carbocycles. The zero-order valence-electron chi connectivity index (χ0n) is 16.9. The van der Waals surface area contributed by atoms with E-state index in [-0.39, 0.29) is 54.6 Å². The Hall–Kier alpha value is -2.09. The standard InChI is InChI=1S/C22H28F3N3O2/c23-17-11-19(25)18(24)9-12(17)10-20(26)13-7-15-3-4-16(8-13)28(15)22(30)6-5-21(29)27-14-1-2-14/h9,11,13-16,20H,1-8,10,26H2,(H,27,29)/t13?,15-,16+,20-/m1/s1. The second-order valence-corrected chi connectivity index (χ2v) is 8.98. The monoisotopic (exact) mass is 423 g/mol. The Labute approximate surface area is 174 Å². The summed E-state index contributed by atoms with van der Waals surface area (Å²) in [7, 11) is 0. The third kappa shape index (κ3) is 4.63. The van der Waals surface area contributed by atoms with Crippen LogP contribution in [0, 0.1) is 23.4 Å². The van der Waals surface area contributed by atoms with E-state index in [4.69, 9.17) is 5.73 Å². The van der Waals surface area contributed by atoms with Gasteiger partial charge in [-0.1, -0.05) is 0 Å². The number of halogens is 3. The number of nitrogens with zero attached hydrogens (tertiary/aromatic N) is 1. The van der Waals surface area contributed by atoms with E-state index in [0.717, 1.165) is 31.7 Å².